The quantitative estimate of drug-likeness (QED) is 0.800. The molecule has 0 bridgehead atoms. The summed E-state index contributed by atoms with van der Waals surface area (Å²) < 4.78 is 49.5. The third kappa shape index (κ3) is 4.52. The molecular formula is C12H16F2N2O2S. The maximum absolute atomic E-state index is 12.0. The molecule has 0 spiro atoms. The highest BCUT2D eigenvalue weighted by atomic mass is 32.2. The first-order valence-corrected chi connectivity index (χ1v) is 7.56. The van der Waals surface area contributed by atoms with Crippen LogP contribution in [0.25, 0.3) is 0 Å². The number of nitrogens with one attached hydrogen (secondary N) is 2. The van der Waals surface area contributed by atoms with Crippen LogP contribution in [0.4, 0.5) is 8.78 Å². The monoisotopic (exact) mass is 290 g/mol. The van der Waals surface area contributed by atoms with E-state index in [1.54, 1.807) is 6.07 Å². The molecule has 1 aromatic rings. The molecule has 106 valence electrons. The first-order chi connectivity index (χ1) is 8.97. The van der Waals surface area contributed by atoms with E-state index >= 15 is 0 Å². The molecule has 1 aromatic carbocycles. The van der Waals surface area contributed by atoms with Crippen LogP contribution in [0.5, 0.6) is 0 Å². The molecule has 0 aliphatic heterocycles. The van der Waals surface area contributed by atoms with Gasteiger partial charge in [0.25, 0.3) is 6.43 Å². The molecule has 4 nitrogen and oxygen atoms in total. The largest absolute Gasteiger partial charge is 0.310 e. The minimum Gasteiger partial charge on any atom is -0.310 e. The Morgan fingerprint density at radius 2 is 2.05 bits per heavy atom. The van der Waals surface area contributed by atoms with Crippen LogP contribution in [0.15, 0.2) is 29.2 Å². The van der Waals surface area contributed by atoms with E-state index in [0.717, 1.165) is 18.4 Å². The summed E-state index contributed by atoms with van der Waals surface area (Å²) in [6.45, 7) is -0.282. The van der Waals surface area contributed by atoms with Crippen molar-refractivity contribution in [2.75, 3.05) is 6.54 Å². The number of benzene rings is 1. The van der Waals surface area contributed by atoms with Crippen LogP contribution < -0.4 is 10.0 Å². The zero-order valence-corrected chi connectivity index (χ0v) is 11.1. The van der Waals surface area contributed by atoms with Crippen LogP contribution >= 0.6 is 0 Å². The van der Waals surface area contributed by atoms with Gasteiger partial charge >= 0.3 is 0 Å². The van der Waals surface area contributed by atoms with Crippen LogP contribution in [0.3, 0.4) is 0 Å². The maximum Gasteiger partial charge on any atom is 0.251 e. The molecule has 2 rings (SSSR count). The second kappa shape index (κ2) is 5.94. The molecule has 19 heavy (non-hydrogen) atoms. The molecule has 0 radical (unpaired) electrons. The molecule has 1 saturated carbocycles. The van der Waals surface area contributed by atoms with Crippen molar-refractivity contribution >= 4 is 10.0 Å². The van der Waals surface area contributed by atoms with Gasteiger partial charge in [-0.25, -0.2) is 21.9 Å². The van der Waals surface area contributed by atoms with Crippen LogP contribution in [-0.4, -0.2) is 27.4 Å². The minimum absolute atomic E-state index is 0.0169. The van der Waals surface area contributed by atoms with Gasteiger partial charge in [-0.3, -0.25) is 0 Å². The van der Waals surface area contributed by atoms with E-state index in [-0.39, 0.29) is 4.90 Å². The molecule has 0 saturated heterocycles. The number of rotatable bonds is 7. The van der Waals surface area contributed by atoms with E-state index in [1.165, 1.54) is 12.1 Å². The molecule has 0 atom stereocenters. The van der Waals surface area contributed by atoms with Gasteiger partial charge in [0.05, 0.1) is 11.4 Å². The molecule has 0 unspecified atom stereocenters. The van der Waals surface area contributed by atoms with Gasteiger partial charge in [-0.2, -0.15) is 0 Å². The molecule has 1 aliphatic carbocycles. The summed E-state index contributed by atoms with van der Waals surface area (Å²) in [5.74, 6) is 0. The van der Waals surface area contributed by atoms with E-state index in [1.807, 2.05) is 10.8 Å². The van der Waals surface area contributed by atoms with E-state index in [2.05, 4.69) is 5.32 Å². The van der Waals surface area contributed by atoms with Crippen molar-refractivity contribution in [3.63, 3.8) is 0 Å². The van der Waals surface area contributed by atoms with Crippen LogP contribution in [0.2, 0.25) is 0 Å². The Balaban J connectivity index is 2.03. The van der Waals surface area contributed by atoms with E-state index in [0.29, 0.717) is 12.6 Å². The lowest BCUT2D eigenvalue weighted by Crippen LogP contribution is -2.28. The fourth-order valence-electron chi connectivity index (χ4n) is 1.63. The van der Waals surface area contributed by atoms with Crippen LogP contribution in [0, 0.1) is 0 Å². The summed E-state index contributed by atoms with van der Waals surface area (Å²) in [7, 11) is -3.86. The molecule has 0 aromatic heterocycles. The van der Waals surface area contributed by atoms with Gasteiger partial charge < -0.3 is 5.32 Å². The first-order valence-electron chi connectivity index (χ1n) is 6.07. The molecule has 2 N–H and O–H groups in total. The number of halogens is 2. The fraction of sp³-hybridized carbons (Fsp3) is 0.500. The number of hydrogen-bond acceptors (Lipinski definition) is 3. The van der Waals surface area contributed by atoms with Crippen LogP contribution in [-0.2, 0) is 16.6 Å². The standard InChI is InChI=1S/C12H16F2N2O2S/c13-12(14)8-16-19(17,18)11-3-1-2-9(6-11)7-15-10-4-5-10/h1-3,6,10,12,15-16H,4-5,7-8H2. The van der Waals surface area contributed by atoms with Crippen molar-refractivity contribution < 1.29 is 17.2 Å². The van der Waals surface area contributed by atoms with Crippen molar-refractivity contribution in [2.24, 2.45) is 0 Å². The SMILES string of the molecule is O=S(=O)(NCC(F)F)c1cccc(CNC2CC2)c1. The predicted octanol–water partition coefficient (Wildman–Crippen LogP) is 1.48. The Morgan fingerprint density at radius 3 is 2.68 bits per heavy atom. The highest BCUT2D eigenvalue weighted by Crippen LogP contribution is 2.19. The normalized spacial score (nSPS) is 15.9. The van der Waals surface area contributed by atoms with Gasteiger partial charge in [-0.05, 0) is 30.5 Å². The maximum atomic E-state index is 12.0. The van der Waals surface area contributed by atoms with E-state index in [9.17, 15) is 17.2 Å². The van der Waals surface area contributed by atoms with Crippen molar-refractivity contribution in [3.05, 3.63) is 29.8 Å². The summed E-state index contributed by atoms with van der Waals surface area (Å²) in [5.41, 5.74) is 0.826. The Hall–Kier alpha value is -1.05. The average molecular weight is 290 g/mol. The predicted molar refractivity (Wildman–Crippen MR) is 67.5 cm³/mol. The lowest BCUT2D eigenvalue weighted by atomic mass is 10.2. The van der Waals surface area contributed by atoms with Crippen LogP contribution in [0.1, 0.15) is 18.4 Å². The molecule has 7 heteroatoms. The van der Waals surface area contributed by atoms with Crippen molar-refractivity contribution in [3.8, 4) is 0 Å². The fourth-order valence-corrected chi connectivity index (χ4v) is 2.70. The molecule has 1 fully saturated rings. The summed E-state index contributed by atoms with van der Waals surface area (Å²) >= 11 is 0. The molecule has 1 aliphatic rings. The van der Waals surface area contributed by atoms with Gasteiger partial charge in [0.1, 0.15) is 0 Å². The van der Waals surface area contributed by atoms with Gasteiger partial charge in [0, 0.05) is 12.6 Å². The minimum atomic E-state index is -3.86. The van der Waals surface area contributed by atoms with Crippen molar-refractivity contribution in [2.45, 2.75) is 36.7 Å². The topological polar surface area (TPSA) is 58.2 Å². The smallest absolute Gasteiger partial charge is 0.251 e. The van der Waals surface area contributed by atoms with Crippen molar-refractivity contribution in [1.29, 1.82) is 0 Å². The average Bonchev–Trinajstić information content (AvgIpc) is 3.18. The zero-order valence-electron chi connectivity index (χ0n) is 10.3. The summed E-state index contributed by atoms with van der Waals surface area (Å²) in [4.78, 5) is 0.0169. The summed E-state index contributed by atoms with van der Waals surface area (Å²) in [6.07, 6.45) is -0.406. The lowest BCUT2D eigenvalue weighted by Gasteiger charge is -2.08. The summed E-state index contributed by atoms with van der Waals surface area (Å²) in [5, 5.41) is 3.27. The van der Waals surface area contributed by atoms with E-state index in [4.69, 9.17) is 0 Å². The Labute approximate surface area is 111 Å². The van der Waals surface area contributed by atoms with Gasteiger partial charge in [-0.15, -0.1) is 0 Å². The number of sulfonamides is 1. The third-order valence-corrected chi connectivity index (χ3v) is 4.23. The Morgan fingerprint density at radius 1 is 1.32 bits per heavy atom. The van der Waals surface area contributed by atoms with Gasteiger partial charge in [-0.1, -0.05) is 12.1 Å². The Bertz CT molecular complexity index is 530. The number of hydrogen-bond donors (Lipinski definition) is 2. The zero-order chi connectivity index (χ0) is 13.9. The molecule has 0 heterocycles. The second-order valence-corrected chi connectivity index (χ2v) is 6.31. The Kier molecular flexibility index (Phi) is 4.49. The second-order valence-electron chi connectivity index (χ2n) is 4.55. The summed E-state index contributed by atoms with van der Waals surface area (Å²) in [6, 6.07) is 6.84. The van der Waals surface area contributed by atoms with Crippen molar-refractivity contribution in [1.82, 2.24) is 10.0 Å². The first kappa shape index (κ1) is 14.4. The van der Waals surface area contributed by atoms with E-state index < -0.39 is 23.0 Å². The highest BCUT2D eigenvalue weighted by Gasteiger charge is 2.20. The third-order valence-electron chi connectivity index (χ3n) is 2.81. The molecule has 0 amide bonds. The highest BCUT2D eigenvalue weighted by molar-refractivity contribution is 7.89. The molecular weight excluding hydrogens is 274 g/mol. The van der Waals surface area contributed by atoms with Gasteiger partial charge in [0.2, 0.25) is 10.0 Å². The van der Waals surface area contributed by atoms with Gasteiger partial charge in [0.15, 0.2) is 0 Å². The lowest BCUT2D eigenvalue weighted by molar-refractivity contribution is 0.153. The number of alkyl halides is 2.